The monoisotopic (exact) mass is 772 g/mol. The van der Waals surface area contributed by atoms with Crippen molar-refractivity contribution in [2.24, 2.45) is 0 Å². The lowest BCUT2D eigenvalue weighted by molar-refractivity contribution is 0.0502. The van der Waals surface area contributed by atoms with E-state index < -0.39 is 0 Å². The summed E-state index contributed by atoms with van der Waals surface area (Å²) in [6, 6.07) is 39.3. The Kier molecular flexibility index (Phi) is 11.4. The van der Waals surface area contributed by atoms with Gasteiger partial charge in [-0.2, -0.15) is 0 Å². The van der Waals surface area contributed by atoms with Crippen LogP contribution in [0.2, 0.25) is 0 Å². The van der Waals surface area contributed by atoms with Crippen molar-refractivity contribution in [1.82, 2.24) is 20.4 Å². The van der Waals surface area contributed by atoms with E-state index in [1.54, 1.807) is 0 Å². The van der Waals surface area contributed by atoms with Crippen LogP contribution in [0.4, 0.5) is 9.59 Å². The van der Waals surface area contributed by atoms with Gasteiger partial charge in [0.25, 0.3) is 0 Å². The summed E-state index contributed by atoms with van der Waals surface area (Å²) in [5.74, 6) is 0. The van der Waals surface area contributed by atoms with E-state index >= 15 is 0 Å². The van der Waals surface area contributed by atoms with Crippen LogP contribution < -0.4 is 10.6 Å². The molecule has 0 saturated carbocycles. The highest BCUT2D eigenvalue weighted by molar-refractivity contribution is 6.24. The quantitative estimate of drug-likeness (QED) is 0.175. The van der Waals surface area contributed by atoms with Crippen LogP contribution in [0, 0.1) is 0 Å². The molecule has 9 rings (SSSR count). The van der Waals surface area contributed by atoms with E-state index in [0.717, 1.165) is 49.7 Å². The van der Waals surface area contributed by atoms with Crippen LogP contribution in [0.25, 0.3) is 64.6 Å². The Balaban J connectivity index is 0.868. The van der Waals surface area contributed by atoms with Crippen LogP contribution in [0.15, 0.2) is 109 Å². The minimum Gasteiger partial charge on any atom is -0.377 e. The summed E-state index contributed by atoms with van der Waals surface area (Å²) < 4.78 is 11.6. The summed E-state index contributed by atoms with van der Waals surface area (Å²) in [5.41, 5.74) is 2.32. The van der Waals surface area contributed by atoms with E-state index in [4.69, 9.17) is 9.47 Å². The molecule has 1 aliphatic rings. The zero-order chi connectivity index (χ0) is 39.3. The number of ether oxygens (including phenoxy) is 2. The average Bonchev–Trinajstić information content (AvgIpc) is 3.25. The van der Waals surface area contributed by atoms with Crippen molar-refractivity contribution in [3.05, 3.63) is 120 Å². The fraction of sp³-hybridized carbons (Fsp3) is 0.320. The Morgan fingerprint density at radius 1 is 0.414 bits per heavy atom. The van der Waals surface area contributed by atoms with Gasteiger partial charge in [-0.05, 0) is 88.6 Å². The number of nitrogens with one attached hydrogen (secondary N) is 2. The van der Waals surface area contributed by atoms with Gasteiger partial charge in [-0.25, -0.2) is 9.59 Å². The Morgan fingerprint density at radius 2 is 0.776 bits per heavy atom. The Morgan fingerprint density at radius 3 is 1.21 bits per heavy atom. The van der Waals surface area contributed by atoms with Crippen LogP contribution in [-0.2, 0) is 22.6 Å². The molecule has 0 aromatic heterocycles. The number of benzene rings is 8. The van der Waals surface area contributed by atoms with Crippen molar-refractivity contribution in [3.63, 3.8) is 0 Å². The van der Waals surface area contributed by atoms with Crippen molar-refractivity contribution >= 4 is 76.7 Å². The third-order valence-electron chi connectivity index (χ3n) is 12.1. The third-order valence-corrected chi connectivity index (χ3v) is 12.1. The number of carbonyl (C=O) groups excluding carboxylic acids is 2. The molecule has 0 radical (unpaired) electrons. The van der Waals surface area contributed by atoms with Gasteiger partial charge in [0, 0.05) is 39.3 Å². The molecule has 4 amide bonds. The standard InChI is InChI=1S/C50H52N4O4/c55-49-51-25-29-57-31-32-58-30-26-52-50(56)54(34-42-20-18-40-16-14-36-10-8-12-38-22-24-44(42)48(40)46(36)38)28-6-4-2-1-3-5-27-53(49)33-41-19-17-39-15-13-35-9-7-11-37-21-23-43(41)47(39)45(35)37/h7-24H,1-6,25-34H2,(H,51,55)(H,52,56). The maximum Gasteiger partial charge on any atom is 0.317 e. The summed E-state index contributed by atoms with van der Waals surface area (Å²) in [6.07, 6.45) is 6.10. The molecule has 296 valence electrons. The zero-order valence-electron chi connectivity index (χ0n) is 33.2. The molecule has 0 atom stereocenters. The van der Waals surface area contributed by atoms with Crippen LogP contribution in [0.3, 0.4) is 0 Å². The number of nitrogens with zero attached hydrogens (tertiary/aromatic N) is 2. The second-order valence-corrected chi connectivity index (χ2v) is 15.8. The van der Waals surface area contributed by atoms with Crippen molar-refractivity contribution in [2.45, 2.75) is 51.6 Å². The lowest BCUT2D eigenvalue weighted by Gasteiger charge is -2.25. The first kappa shape index (κ1) is 37.9. The van der Waals surface area contributed by atoms with Gasteiger partial charge in [-0.3, -0.25) is 0 Å². The molecular weight excluding hydrogens is 721 g/mol. The minimum atomic E-state index is -0.0619. The predicted octanol–water partition coefficient (Wildman–Crippen LogP) is 10.6. The Bertz CT molecular complexity index is 2460. The van der Waals surface area contributed by atoms with Gasteiger partial charge in [-0.1, -0.05) is 135 Å². The molecule has 1 saturated heterocycles. The SMILES string of the molecule is O=C1NCCOCCOCCNC(=O)N(Cc2ccc3ccc4cccc5ccc2c3c45)CCCCCCCCN1Cc1ccc2ccc3cccc4ccc1c2c34. The zero-order valence-corrected chi connectivity index (χ0v) is 33.2. The van der Waals surface area contributed by atoms with Crippen molar-refractivity contribution in [2.75, 3.05) is 52.6 Å². The summed E-state index contributed by atoms with van der Waals surface area (Å²) >= 11 is 0. The number of hydrogen-bond donors (Lipinski definition) is 2. The molecule has 0 bridgehead atoms. The fourth-order valence-electron chi connectivity index (χ4n) is 9.10. The van der Waals surface area contributed by atoms with Crippen molar-refractivity contribution in [1.29, 1.82) is 0 Å². The van der Waals surface area contributed by atoms with E-state index in [9.17, 15) is 9.59 Å². The number of amides is 4. The molecular formula is C50H52N4O4. The lowest BCUT2D eigenvalue weighted by Crippen LogP contribution is -2.41. The fourth-order valence-corrected chi connectivity index (χ4v) is 9.10. The lowest BCUT2D eigenvalue weighted by atomic mass is 9.92. The van der Waals surface area contributed by atoms with E-state index in [0.29, 0.717) is 65.7 Å². The first-order valence-electron chi connectivity index (χ1n) is 21.1. The summed E-state index contributed by atoms with van der Waals surface area (Å²) in [6.45, 7) is 4.90. The predicted molar refractivity (Wildman–Crippen MR) is 237 cm³/mol. The van der Waals surface area contributed by atoms with Crippen molar-refractivity contribution < 1.29 is 19.1 Å². The van der Waals surface area contributed by atoms with Gasteiger partial charge in [-0.15, -0.1) is 0 Å². The van der Waals surface area contributed by atoms with Crippen LogP contribution in [0.5, 0.6) is 0 Å². The maximum absolute atomic E-state index is 13.7. The number of urea groups is 2. The molecule has 8 heteroatoms. The van der Waals surface area contributed by atoms with Gasteiger partial charge < -0.3 is 29.9 Å². The molecule has 0 aliphatic carbocycles. The number of hydrogen-bond acceptors (Lipinski definition) is 4. The molecule has 1 heterocycles. The third kappa shape index (κ3) is 7.91. The molecule has 8 aromatic carbocycles. The highest BCUT2D eigenvalue weighted by atomic mass is 16.5. The van der Waals surface area contributed by atoms with Gasteiger partial charge in [0.05, 0.1) is 26.4 Å². The largest absolute Gasteiger partial charge is 0.377 e. The van der Waals surface area contributed by atoms with Gasteiger partial charge in [0.1, 0.15) is 0 Å². The molecule has 2 N–H and O–H groups in total. The second-order valence-electron chi connectivity index (χ2n) is 15.8. The van der Waals surface area contributed by atoms with Gasteiger partial charge in [0.15, 0.2) is 0 Å². The molecule has 0 spiro atoms. The van der Waals surface area contributed by atoms with Gasteiger partial charge in [0.2, 0.25) is 0 Å². The van der Waals surface area contributed by atoms with E-state index in [1.165, 1.54) is 64.6 Å². The van der Waals surface area contributed by atoms with E-state index in [2.05, 4.69) is 120 Å². The molecule has 1 aliphatic heterocycles. The van der Waals surface area contributed by atoms with Crippen molar-refractivity contribution in [3.8, 4) is 0 Å². The summed E-state index contributed by atoms with van der Waals surface area (Å²) in [4.78, 5) is 31.3. The summed E-state index contributed by atoms with van der Waals surface area (Å²) in [7, 11) is 0. The molecule has 0 unspecified atom stereocenters. The minimum absolute atomic E-state index is 0.0619. The normalized spacial score (nSPS) is 17.0. The Labute approximate surface area is 339 Å². The number of rotatable bonds is 4. The highest BCUT2D eigenvalue weighted by Gasteiger charge is 2.19. The van der Waals surface area contributed by atoms with Crippen LogP contribution in [-0.4, -0.2) is 74.5 Å². The second kappa shape index (κ2) is 17.4. The number of carbonyl (C=O) groups is 2. The molecule has 58 heavy (non-hydrogen) atoms. The van der Waals surface area contributed by atoms with Gasteiger partial charge >= 0.3 is 12.1 Å². The molecule has 1 fully saturated rings. The topological polar surface area (TPSA) is 83.1 Å². The highest BCUT2D eigenvalue weighted by Crippen LogP contribution is 2.38. The first-order valence-corrected chi connectivity index (χ1v) is 21.1. The smallest absolute Gasteiger partial charge is 0.317 e. The Hall–Kier alpha value is -5.70. The average molecular weight is 773 g/mol. The first-order chi connectivity index (χ1) is 28.6. The maximum atomic E-state index is 13.7. The van der Waals surface area contributed by atoms with Crippen LogP contribution in [0.1, 0.15) is 49.7 Å². The molecule has 8 nitrogen and oxygen atoms in total. The van der Waals surface area contributed by atoms with E-state index in [1.807, 2.05) is 9.80 Å². The summed E-state index contributed by atoms with van der Waals surface area (Å²) in [5, 5.41) is 21.2. The van der Waals surface area contributed by atoms with Crippen LogP contribution >= 0.6 is 0 Å². The van der Waals surface area contributed by atoms with E-state index in [-0.39, 0.29) is 12.1 Å². The molecule has 8 aromatic rings.